The Morgan fingerprint density at radius 1 is 0.944 bits per heavy atom. The van der Waals surface area contributed by atoms with E-state index in [-0.39, 0.29) is 17.1 Å². The van der Waals surface area contributed by atoms with Crippen LogP contribution in [-0.4, -0.2) is 9.97 Å². The van der Waals surface area contributed by atoms with E-state index < -0.39 is 17.5 Å². The quantitative estimate of drug-likeness (QED) is 0.795. The molecule has 0 fully saturated rings. The van der Waals surface area contributed by atoms with E-state index >= 15 is 0 Å². The van der Waals surface area contributed by atoms with Crippen molar-refractivity contribution in [1.29, 1.82) is 0 Å². The van der Waals surface area contributed by atoms with Crippen molar-refractivity contribution in [3.63, 3.8) is 0 Å². The third-order valence-corrected chi connectivity index (χ3v) is 2.59. The van der Waals surface area contributed by atoms with Crippen LogP contribution in [0.15, 0.2) is 12.1 Å². The Morgan fingerprint density at radius 3 is 2.00 bits per heavy atom. The minimum Gasteiger partial charge on any atom is -0.382 e. The van der Waals surface area contributed by atoms with Gasteiger partial charge in [-0.25, -0.2) is 23.1 Å². The molecule has 2 aromatic rings. The number of nitrogen functional groups attached to an aromatic ring is 1. The molecule has 1 aromatic carbocycles. The summed E-state index contributed by atoms with van der Waals surface area (Å²) in [7, 11) is 0. The van der Waals surface area contributed by atoms with E-state index in [0.717, 1.165) is 12.1 Å². The van der Waals surface area contributed by atoms with Crippen molar-refractivity contribution >= 4 is 5.82 Å². The summed E-state index contributed by atoms with van der Waals surface area (Å²) in [5.41, 5.74) is 7.05. The number of hydrogen-bond acceptors (Lipinski definition) is 3. The van der Waals surface area contributed by atoms with Crippen LogP contribution in [0.5, 0.6) is 0 Å². The Kier molecular flexibility index (Phi) is 2.94. The van der Waals surface area contributed by atoms with Crippen LogP contribution in [0, 0.1) is 31.3 Å². The van der Waals surface area contributed by atoms with Gasteiger partial charge in [-0.05, 0) is 26.0 Å². The first-order valence-electron chi connectivity index (χ1n) is 5.15. The second-order valence-electron chi connectivity index (χ2n) is 3.88. The van der Waals surface area contributed by atoms with Gasteiger partial charge in [0, 0.05) is 5.56 Å². The van der Waals surface area contributed by atoms with Crippen LogP contribution in [-0.2, 0) is 0 Å². The molecule has 0 spiro atoms. The molecule has 0 saturated carbocycles. The van der Waals surface area contributed by atoms with Gasteiger partial charge in [-0.2, -0.15) is 0 Å². The molecular formula is C12H10F3N3. The summed E-state index contributed by atoms with van der Waals surface area (Å²) in [6.45, 7) is 3.41. The predicted octanol–water partition coefficient (Wildman–Crippen LogP) is 2.76. The first kappa shape index (κ1) is 12.3. The van der Waals surface area contributed by atoms with E-state index in [1.54, 1.807) is 13.8 Å². The minimum absolute atomic E-state index is 0.0449. The maximum atomic E-state index is 13.1. The van der Waals surface area contributed by atoms with E-state index in [0.29, 0.717) is 11.4 Å². The topological polar surface area (TPSA) is 51.8 Å². The number of nitrogens with two attached hydrogens (primary N) is 1. The van der Waals surface area contributed by atoms with Crippen molar-refractivity contribution in [3.8, 4) is 11.3 Å². The first-order chi connectivity index (χ1) is 8.40. The number of halogens is 3. The smallest absolute Gasteiger partial charge is 0.194 e. The summed E-state index contributed by atoms with van der Waals surface area (Å²) in [4.78, 5) is 8.12. The van der Waals surface area contributed by atoms with Gasteiger partial charge in [0.25, 0.3) is 0 Å². The van der Waals surface area contributed by atoms with Crippen LogP contribution in [0.4, 0.5) is 19.0 Å². The standard InChI is InChI=1S/C12H10F3N3/c1-5-6(2)18-12(16)11(17-5)7-3-8(13)10(15)9(14)4-7/h3-4H,1-2H3,(H2,16,18). The molecule has 0 atom stereocenters. The predicted molar refractivity (Wildman–Crippen MR) is 61.2 cm³/mol. The van der Waals surface area contributed by atoms with Gasteiger partial charge in [-0.3, -0.25) is 0 Å². The van der Waals surface area contributed by atoms with Gasteiger partial charge in [-0.1, -0.05) is 0 Å². The average Bonchev–Trinajstić information content (AvgIpc) is 2.30. The van der Waals surface area contributed by atoms with E-state index in [1.807, 2.05) is 0 Å². The molecule has 2 N–H and O–H groups in total. The van der Waals surface area contributed by atoms with Crippen LogP contribution in [0.2, 0.25) is 0 Å². The van der Waals surface area contributed by atoms with Crippen LogP contribution < -0.4 is 5.73 Å². The molecule has 0 bridgehead atoms. The van der Waals surface area contributed by atoms with E-state index in [1.165, 1.54) is 0 Å². The van der Waals surface area contributed by atoms with Crippen molar-refractivity contribution in [3.05, 3.63) is 41.0 Å². The van der Waals surface area contributed by atoms with Gasteiger partial charge >= 0.3 is 0 Å². The molecule has 3 nitrogen and oxygen atoms in total. The van der Waals surface area contributed by atoms with E-state index in [9.17, 15) is 13.2 Å². The Labute approximate surface area is 101 Å². The molecule has 0 aliphatic carbocycles. The Bertz CT molecular complexity index is 603. The van der Waals surface area contributed by atoms with Crippen LogP contribution in [0.1, 0.15) is 11.4 Å². The number of hydrogen-bond donors (Lipinski definition) is 1. The number of nitrogens with zero attached hydrogens (tertiary/aromatic N) is 2. The van der Waals surface area contributed by atoms with Gasteiger partial charge in [0.1, 0.15) is 11.5 Å². The number of aromatic nitrogens is 2. The van der Waals surface area contributed by atoms with Crippen LogP contribution in [0.25, 0.3) is 11.3 Å². The molecule has 0 aliphatic rings. The van der Waals surface area contributed by atoms with Crippen molar-refractivity contribution in [2.45, 2.75) is 13.8 Å². The normalized spacial score (nSPS) is 10.7. The molecule has 0 aliphatic heterocycles. The fourth-order valence-electron chi connectivity index (χ4n) is 1.53. The Balaban J connectivity index is 2.66. The lowest BCUT2D eigenvalue weighted by Crippen LogP contribution is -2.03. The molecule has 18 heavy (non-hydrogen) atoms. The number of rotatable bonds is 1. The van der Waals surface area contributed by atoms with Gasteiger partial charge in [-0.15, -0.1) is 0 Å². The molecule has 94 valence electrons. The lowest BCUT2D eigenvalue weighted by Gasteiger charge is -2.08. The Hall–Kier alpha value is -2.11. The molecule has 0 unspecified atom stereocenters. The first-order valence-corrected chi connectivity index (χ1v) is 5.15. The monoisotopic (exact) mass is 253 g/mol. The zero-order valence-electron chi connectivity index (χ0n) is 9.76. The van der Waals surface area contributed by atoms with Gasteiger partial charge in [0.15, 0.2) is 17.5 Å². The van der Waals surface area contributed by atoms with E-state index in [4.69, 9.17) is 5.73 Å². The number of aryl methyl sites for hydroxylation is 2. The van der Waals surface area contributed by atoms with Gasteiger partial charge < -0.3 is 5.73 Å². The average molecular weight is 253 g/mol. The fourth-order valence-corrected chi connectivity index (χ4v) is 1.53. The molecule has 2 rings (SSSR count). The largest absolute Gasteiger partial charge is 0.382 e. The number of anilines is 1. The lowest BCUT2D eigenvalue weighted by atomic mass is 10.1. The summed E-state index contributed by atoms with van der Waals surface area (Å²) in [5.74, 6) is -4.05. The van der Waals surface area contributed by atoms with Crippen molar-refractivity contribution < 1.29 is 13.2 Å². The molecule has 0 radical (unpaired) electrons. The fraction of sp³-hybridized carbons (Fsp3) is 0.167. The van der Waals surface area contributed by atoms with Gasteiger partial charge in [0.05, 0.1) is 11.4 Å². The second-order valence-corrected chi connectivity index (χ2v) is 3.88. The Morgan fingerprint density at radius 2 is 1.44 bits per heavy atom. The highest BCUT2D eigenvalue weighted by molar-refractivity contribution is 5.70. The zero-order valence-corrected chi connectivity index (χ0v) is 9.76. The van der Waals surface area contributed by atoms with E-state index in [2.05, 4.69) is 9.97 Å². The molecule has 0 saturated heterocycles. The van der Waals surface area contributed by atoms with Gasteiger partial charge in [0.2, 0.25) is 0 Å². The summed E-state index contributed by atoms with van der Waals surface area (Å²) >= 11 is 0. The summed E-state index contributed by atoms with van der Waals surface area (Å²) in [6, 6.07) is 1.68. The third-order valence-electron chi connectivity index (χ3n) is 2.59. The van der Waals surface area contributed by atoms with Crippen molar-refractivity contribution in [1.82, 2.24) is 9.97 Å². The second kappa shape index (κ2) is 4.29. The molecular weight excluding hydrogens is 243 g/mol. The molecule has 0 amide bonds. The molecule has 1 aromatic heterocycles. The highest BCUT2D eigenvalue weighted by atomic mass is 19.2. The third kappa shape index (κ3) is 2.01. The minimum atomic E-state index is -1.52. The molecule has 1 heterocycles. The summed E-state index contributed by atoms with van der Waals surface area (Å²) in [6.07, 6.45) is 0. The number of benzene rings is 1. The van der Waals surface area contributed by atoms with Crippen molar-refractivity contribution in [2.24, 2.45) is 0 Å². The van der Waals surface area contributed by atoms with Crippen LogP contribution in [0.3, 0.4) is 0 Å². The maximum Gasteiger partial charge on any atom is 0.194 e. The van der Waals surface area contributed by atoms with Crippen molar-refractivity contribution in [2.75, 3.05) is 5.73 Å². The lowest BCUT2D eigenvalue weighted by molar-refractivity contribution is 0.447. The summed E-state index contributed by atoms with van der Waals surface area (Å²) < 4.78 is 39.1. The highest BCUT2D eigenvalue weighted by Crippen LogP contribution is 2.26. The van der Waals surface area contributed by atoms with Crippen LogP contribution >= 0.6 is 0 Å². The summed E-state index contributed by atoms with van der Waals surface area (Å²) in [5, 5.41) is 0. The zero-order chi connectivity index (χ0) is 13.4. The molecule has 6 heteroatoms. The SMILES string of the molecule is Cc1nc(N)c(-c2cc(F)c(F)c(F)c2)nc1C. The highest BCUT2D eigenvalue weighted by Gasteiger charge is 2.15. The maximum absolute atomic E-state index is 13.1.